The lowest BCUT2D eigenvalue weighted by atomic mass is 9.99. The third kappa shape index (κ3) is 3.63. The van der Waals surface area contributed by atoms with Gasteiger partial charge in [-0.05, 0) is 37.6 Å². The monoisotopic (exact) mass is 278 g/mol. The first-order valence-corrected chi connectivity index (χ1v) is 6.94. The van der Waals surface area contributed by atoms with Crippen LogP contribution in [-0.2, 0) is 11.3 Å². The average Bonchev–Trinajstić information content (AvgIpc) is 2.53. The normalized spacial score (nSPS) is 18.4. The number of hydrogen-bond acceptors (Lipinski definition) is 4. The van der Waals surface area contributed by atoms with Crippen LogP contribution in [0.2, 0.25) is 0 Å². The molecular formula is C15H22N2O3. The van der Waals surface area contributed by atoms with Crippen molar-refractivity contribution in [3.8, 4) is 11.5 Å². The highest BCUT2D eigenvalue weighted by atomic mass is 16.5. The van der Waals surface area contributed by atoms with Gasteiger partial charge in [0.25, 0.3) is 0 Å². The van der Waals surface area contributed by atoms with Gasteiger partial charge in [-0.3, -0.25) is 4.79 Å². The fraction of sp³-hybridized carbons (Fsp3) is 0.533. The van der Waals surface area contributed by atoms with Gasteiger partial charge in [-0.25, -0.2) is 0 Å². The van der Waals surface area contributed by atoms with Gasteiger partial charge in [0.15, 0.2) is 0 Å². The summed E-state index contributed by atoms with van der Waals surface area (Å²) in [5.74, 6) is 1.68. The van der Waals surface area contributed by atoms with Crippen molar-refractivity contribution in [3.63, 3.8) is 0 Å². The van der Waals surface area contributed by atoms with Crippen molar-refractivity contribution < 1.29 is 14.3 Å². The van der Waals surface area contributed by atoms with Crippen molar-refractivity contribution in [2.75, 3.05) is 27.3 Å². The molecule has 0 aliphatic carbocycles. The van der Waals surface area contributed by atoms with Crippen LogP contribution in [0.4, 0.5) is 0 Å². The predicted octanol–water partition coefficient (Wildman–Crippen LogP) is 1.32. The van der Waals surface area contributed by atoms with Crippen molar-refractivity contribution in [2.24, 2.45) is 5.92 Å². The first-order valence-electron chi connectivity index (χ1n) is 6.94. The molecule has 5 heteroatoms. The van der Waals surface area contributed by atoms with Crippen LogP contribution in [0.15, 0.2) is 18.2 Å². The zero-order valence-corrected chi connectivity index (χ0v) is 12.1. The second kappa shape index (κ2) is 7.14. The van der Waals surface area contributed by atoms with Crippen molar-refractivity contribution in [1.82, 2.24) is 10.6 Å². The number of carbonyl (C=O) groups excluding carboxylic acids is 1. The van der Waals surface area contributed by atoms with Gasteiger partial charge in [0.1, 0.15) is 11.5 Å². The summed E-state index contributed by atoms with van der Waals surface area (Å²) in [6.07, 6.45) is 2.01. The second-order valence-electron chi connectivity index (χ2n) is 4.94. The minimum absolute atomic E-state index is 0.0698. The standard InChI is InChI=1S/C15H22N2O3/c1-19-13-5-6-14(20-2)12(8-13)10-17-15(18)11-4-3-7-16-9-11/h5-6,8,11,16H,3-4,7,9-10H2,1-2H3,(H,17,18). The number of rotatable bonds is 5. The fourth-order valence-electron chi connectivity index (χ4n) is 2.42. The van der Waals surface area contributed by atoms with Crippen molar-refractivity contribution >= 4 is 5.91 Å². The Labute approximate surface area is 119 Å². The lowest BCUT2D eigenvalue weighted by Gasteiger charge is -2.22. The number of piperidine rings is 1. The van der Waals surface area contributed by atoms with E-state index in [2.05, 4.69) is 10.6 Å². The van der Waals surface area contributed by atoms with Crippen LogP contribution in [-0.4, -0.2) is 33.2 Å². The number of carbonyl (C=O) groups is 1. The number of hydrogen-bond donors (Lipinski definition) is 2. The third-order valence-electron chi connectivity index (χ3n) is 3.61. The van der Waals surface area contributed by atoms with Gasteiger partial charge in [0, 0.05) is 18.7 Å². The minimum Gasteiger partial charge on any atom is -0.497 e. The van der Waals surface area contributed by atoms with Crippen molar-refractivity contribution in [1.29, 1.82) is 0 Å². The molecule has 110 valence electrons. The molecule has 0 spiro atoms. The summed E-state index contributed by atoms with van der Waals surface area (Å²) in [7, 11) is 3.25. The SMILES string of the molecule is COc1ccc(OC)c(CNC(=O)C2CCCNC2)c1. The molecule has 5 nitrogen and oxygen atoms in total. The molecule has 0 saturated carbocycles. The fourth-order valence-corrected chi connectivity index (χ4v) is 2.42. The molecule has 1 fully saturated rings. The summed E-state index contributed by atoms with van der Waals surface area (Å²) in [5, 5.41) is 6.23. The summed E-state index contributed by atoms with van der Waals surface area (Å²) in [6.45, 7) is 2.23. The highest BCUT2D eigenvalue weighted by Crippen LogP contribution is 2.23. The Hall–Kier alpha value is -1.75. The molecule has 1 aliphatic rings. The van der Waals surface area contributed by atoms with E-state index in [4.69, 9.17) is 9.47 Å². The molecule has 1 amide bonds. The van der Waals surface area contributed by atoms with Crippen LogP contribution in [0.5, 0.6) is 11.5 Å². The Morgan fingerprint density at radius 1 is 1.40 bits per heavy atom. The maximum absolute atomic E-state index is 12.1. The summed E-state index contributed by atoms with van der Waals surface area (Å²) >= 11 is 0. The van der Waals surface area contributed by atoms with E-state index in [1.807, 2.05) is 18.2 Å². The molecule has 1 aromatic rings. The van der Waals surface area contributed by atoms with Crippen molar-refractivity contribution in [2.45, 2.75) is 19.4 Å². The molecular weight excluding hydrogens is 256 g/mol. The molecule has 20 heavy (non-hydrogen) atoms. The molecule has 1 aromatic carbocycles. The van der Waals surface area contributed by atoms with Gasteiger partial charge < -0.3 is 20.1 Å². The highest BCUT2D eigenvalue weighted by Gasteiger charge is 2.20. The van der Waals surface area contributed by atoms with E-state index < -0.39 is 0 Å². The van der Waals surface area contributed by atoms with Crippen molar-refractivity contribution in [3.05, 3.63) is 23.8 Å². The third-order valence-corrected chi connectivity index (χ3v) is 3.61. The van der Waals surface area contributed by atoms with E-state index in [-0.39, 0.29) is 11.8 Å². The maximum Gasteiger partial charge on any atom is 0.224 e. The molecule has 2 N–H and O–H groups in total. The van der Waals surface area contributed by atoms with Gasteiger partial charge in [0.2, 0.25) is 5.91 Å². The Morgan fingerprint density at radius 3 is 2.90 bits per heavy atom. The lowest BCUT2D eigenvalue weighted by Crippen LogP contribution is -2.40. The average molecular weight is 278 g/mol. The van der Waals surface area contributed by atoms with E-state index in [0.29, 0.717) is 6.54 Å². The Kier molecular flexibility index (Phi) is 5.24. The largest absolute Gasteiger partial charge is 0.497 e. The van der Waals surface area contributed by atoms with Gasteiger partial charge in [-0.1, -0.05) is 0 Å². The zero-order valence-electron chi connectivity index (χ0n) is 12.1. The van der Waals surface area contributed by atoms with Crippen LogP contribution < -0.4 is 20.1 Å². The van der Waals surface area contributed by atoms with Crippen LogP contribution in [0, 0.1) is 5.92 Å². The number of ether oxygens (including phenoxy) is 2. The smallest absolute Gasteiger partial charge is 0.224 e. The van der Waals surface area contributed by atoms with Gasteiger partial charge in [0.05, 0.1) is 20.1 Å². The summed E-state index contributed by atoms with van der Waals surface area (Å²) in [4.78, 5) is 12.1. The molecule has 1 saturated heterocycles. The molecule has 1 aliphatic heterocycles. The number of methoxy groups -OCH3 is 2. The molecule has 2 rings (SSSR count). The Morgan fingerprint density at radius 2 is 2.25 bits per heavy atom. The summed E-state index contributed by atoms with van der Waals surface area (Å²) < 4.78 is 10.5. The van der Waals surface area contributed by atoms with Crippen LogP contribution in [0.3, 0.4) is 0 Å². The summed E-state index contributed by atoms with van der Waals surface area (Å²) in [6, 6.07) is 5.58. The lowest BCUT2D eigenvalue weighted by molar-refractivity contribution is -0.125. The molecule has 0 aromatic heterocycles. The van der Waals surface area contributed by atoms with Gasteiger partial charge in [-0.2, -0.15) is 0 Å². The highest BCUT2D eigenvalue weighted by molar-refractivity contribution is 5.79. The topological polar surface area (TPSA) is 59.6 Å². The number of benzene rings is 1. The van der Waals surface area contributed by atoms with Gasteiger partial charge >= 0.3 is 0 Å². The molecule has 1 atom stereocenters. The number of nitrogens with one attached hydrogen (secondary N) is 2. The molecule has 1 unspecified atom stereocenters. The van der Waals surface area contributed by atoms with Crippen LogP contribution in [0.1, 0.15) is 18.4 Å². The van der Waals surface area contributed by atoms with E-state index in [1.54, 1.807) is 14.2 Å². The van der Waals surface area contributed by atoms with Crippen LogP contribution >= 0.6 is 0 Å². The molecule has 0 bridgehead atoms. The Balaban J connectivity index is 1.96. The zero-order chi connectivity index (χ0) is 14.4. The summed E-state index contributed by atoms with van der Waals surface area (Å²) in [5.41, 5.74) is 0.920. The second-order valence-corrected chi connectivity index (χ2v) is 4.94. The quantitative estimate of drug-likeness (QED) is 0.853. The van der Waals surface area contributed by atoms with E-state index in [0.717, 1.165) is 43.0 Å². The van der Waals surface area contributed by atoms with Gasteiger partial charge in [-0.15, -0.1) is 0 Å². The molecule has 1 heterocycles. The number of amides is 1. The van der Waals surface area contributed by atoms with E-state index >= 15 is 0 Å². The first-order chi connectivity index (χ1) is 9.74. The predicted molar refractivity (Wildman–Crippen MR) is 77.0 cm³/mol. The van der Waals surface area contributed by atoms with E-state index in [1.165, 1.54) is 0 Å². The first kappa shape index (κ1) is 14.7. The van der Waals surface area contributed by atoms with Crippen LogP contribution in [0.25, 0.3) is 0 Å². The maximum atomic E-state index is 12.1. The van der Waals surface area contributed by atoms with E-state index in [9.17, 15) is 4.79 Å². The molecule has 0 radical (unpaired) electrons. The Bertz CT molecular complexity index is 456. The minimum atomic E-state index is 0.0698.